The molecule has 5 rings (SSSR count). The third-order valence-electron chi connectivity index (χ3n) is 7.83. The highest BCUT2D eigenvalue weighted by Crippen LogP contribution is 2.42. The molecule has 4 heterocycles. The summed E-state index contributed by atoms with van der Waals surface area (Å²) >= 11 is 0. The average Bonchev–Trinajstić information content (AvgIpc) is 2.51. The standard InChI is InChI=1S/C21H39N3/c1-15(2)18-9-19(10-18)23-13-20-11-21(14-23)24(20)12-17-5-7-22(8-6-17)16(3)4/h15-21H,5-14H2,1-4H3. The van der Waals surface area contributed by atoms with Gasteiger partial charge in [-0.1, -0.05) is 13.8 Å². The van der Waals surface area contributed by atoms with E-state index in [-0.39, 0.29) is 0 Å². The summed E-state index contributed by atoms with van der Waals surface area (Å²) in [7, 11) is 0. The van der Waals surface area contributed by atoms with Gasteiger partial charge in [-0.05, 0) is 76.8 Å². The zero-order chi connectivity index (χ0) is 16.8. The molecule has 3 heteroatoms. The van der Waals surface area contributed by atoms with Crippen molar-refractivity contribution in [2.24, 2.45) is 17.8 Å². The van der Waals surface area contributed by atoms with Crippen LogP contribution in [-0.4, -0.2) is 71.6 Å². The van der Waals surface area contributed by atoms with Crippen LogP contribution >= 0.6 is 0 Å². The molecule has 1 saturated carbocycles. The zero-order valence-electron chi connectivity index (χ0n) is 16.5. The van der Waals surface area contributed by atoms with E-state index in [0.717, 1.165) is 41.9 Å². The Kier molecular flexibility index (Phi) is 4.96. The number of nitrogens with zero attached hydrogens (tertiary/aromatic N) is 3. The summed E-state index contributed by atoms with van der Waals surface area (Å²) in [6.45, 7) is 16.3. The minimum atomic E-state index is 0.736. The van der Waals surface area contributed by atoms with Crippen LogP contribution in [0.25, 0.3) is 0 Å². The van der Waals surface area contributed by atoms with Gasteiger partial charge in [0, 0.05) is 43.8 Å². The molecule has 0 aromatic heterocycles. The molecule has 0 radical (unpaired) electrons. The highest BCUT2D eigenvalue weighted by atomic mass is 15.4. The first kappa shape index (κ1) is 17.3. The topological polar surface area (TPSA) is 9.72 Å². The van der Waals surface area contributed by atoms with Crippen LogP contribution in [-0.2, 0) is 0 Å². The normalized spacial score (nSPS) is 39.2. The lowest BCUT2D eigenvalue weighted by atomic mass is 9.71. The van der Waals surface area contributed by atoms with Gasteiger partial charge in [-0.15, -0.1) is 0 Å². The first-order valence-electron chi connectivity index (χ1n) is 10.7. The second kappa shape index (κ2) is 6.89. The van der Waals surface area contributed by atoms with Crippen LogP contribution in [0.15, 0.2) is 0 Å². The highest BCUT2D eigenvalue weighted by Gasteiger charge is 2.48. The Labute approximate surface area is 149 Å². The number of likely N-dealkylation sites (tertiary alicyclic amines) is 1. The molecule has 0 amide bonds. The Bertz CT molecular complexity index is 409. The Morgan fingerprint density at radius 1 is 0.833 bits per heavy atom. The van der Waals surface area contributed by atoms with Gasteiger partial charge in [-0.25, -0.2) is 0 Å². The largest absolute Gasteiger partial charge is 0.301 e. The summed E-state index contributed by atoms with van der Waals surface area (Å²) in [5, 5.41) is 0. The first-order chi connectivity index (χ1) is 11.5. The van der Waals surface area contributed by atoms with E-state index < -0.39 is 0 Å². The summed E-state index contributed by atoms with van der Waals surface area (Å²) < 4.78 is 0. The lowest BCUT2D eigenvalue weighted by molar-refractivity contribution is -0.109. The van der Waals surface area contributed by atoms with Crippen LogP contribution in [0.4, 0.5) is 0 Å². The number of hydrogen-bond donors (Lipinski definition) is 0. The molecule has 0 spiro atoms. The highest BCUT2D eigenvalue weighted by molar-refractivity contribution is 5.04. The molecule has 0 N–H and O–H groups in total. The van der Waals surface area contributed by atoms with Crippen molar-refractivity contribution in [1.29, 1.82) is 0 Å². The van der Waals surface area contributed by atoms with Crippen LogP contribution in [0, 0.1) is 17.8 Å². The Hall–Kier alpha value is -0.120. The van der Waals surface area contributed by atoms with Gasteiger partial charge in [0.2, 0.25) is 0 Å². The number of piperazine rings is 1. The van der Waals surface area contributed by atoms with Crippen molar-refractivity contribution < 1.29 is 0 Å². The summed E-state index contributed by atoms with van der Waals surface area (Å²) in [4.78, 5) is 8.41. The third kappa shape index (κ3) is 3.29. The van der Waals surface area contributed by atoms with E-state index >= 15 is 0 Å². The smallest absolute Gasteiger partial charge is 0.0242 e. The molecule has 5 aliphatic rings. The van der Waals surface area contributed by atoms with E-state index in [1.54, 1.807) is 0 Å². The Morgan fingerprint density at radius 2 is 1.46 bits per heavy atom. The van der Waals surface area contributed by atoms with Gasteiger partial charge in [0.25, 0.3) is 0 Å². The fraction of sp³-hybridized carbons (Fsp3) is 1.00. The number of piperidine rings is 2. The van der Waals surface area contributed by atoms with E-state index in [0.29, 0.717) is 0 Å². The maximum absolute atomic E-state index is 2.89. The van der Waals surface area contributed by atoms with Crippen LogP contribution in [0.1, 0.15) is 59.8 Å². The molecule has 4 saturated heterocycles. The SMILES string of the molecule is CC(C)C1CC(N2CC3CC(C2)N3CC2CCN(C(C)C)CC2)C1. The molecule has 2 atom stereocenters. The molecule has 2 unspecified atom stereocenters. The van der Waals surface area contributed by atoms with E-state index in [1.807, 2.05) is 0 Å². The number of rotatable bonds is 5. The van der Waals surface area contributed by atoms with Crippen LogP contribution in [0.5, 0.6) is 0 Å². The summed E-state index contributed by atoms with van der Waals surface area (Å²) in [6.07, 6.45) is 7.30. The molecule has 0 aromatic carbocycles. The molecular weight excluding hydrogens is 294 g/mol. The summed E-state index contributed by atoms with van der Waals surface area (Å²) in [5.74, 6) is 2.87. The molecule has 24 heavy (non-hydrogen) atoms. The van der Waals surface area contributed by atoms with Crippen molar-refractivity contribution in [3.05, 3.63) is 0 Å². The second-order valence-corrected chi connectivity index (χ2v) is 9.90. The molecule has 2 bridgehead atoms. The van der Waals surface area contributed by atoms with E-state index in [1.165, 1.54) is 64.8 Å². The predicted molar refractivity (Wildman–Crippen MR) is 101 cm³/mol. The maximum atomic E-state index is 2.89. The van der Waals surface area contributed by atoms with Gasteiger partial charge in [-0.3, -0.25) is 9.80 Å². The monoisotopic (exact) mass is 333 g/mol. The van der Waals surface area contributed by atoms with Crippen LogP contribution < -0.4 is 0 Å². The van der Waals surface area contributed by atoms with Crippen molar-refractivity contribution >= 4 is 0 Å². The van der Waals surface area contributed by atoms with Gasteiger partial charge in [0.15, 0.2) is 0 Å². The minimum Gasteiger partial charge on any atom is -0.301 e. The van der Waals surface area contributed by atoms with Crippen molar-refractivity contribution in [2.75, 3.05) is 32.7 Å². The lowest BCUT2D eigenvalue weighted by Crippen LogP contribution is -2.71. The molecule has 1 aliphatic carbocycles. The number of hydrogen-bond acceptors (Lipinski definition) is 3. The van der Waals surface area contributed by atoms with E-state index in [4.69, 9.17) is 0 Å². The molecule has 3 nitrogen and oxygen atoms in total. The molecule has 138 valence electrons. The van der Waals surface area contributed by atoms with Crippen molar-refractivity contribution in [3.63, 3.8) is 0 Å². The molecular formula is C21H39N3. The average molecular weight is 334 g/mol. The summed E-state index contributed by atoms with van der Waals surface area (Å²) in [6, 6.07) is 3.45. The molecule has 4 aliphatic heterocycles. The van der Waals surface area contributed by atoms with Gasteiger partial charge in [0.05, 0.1) is 0 Å². The van der Waals surface area contributed by atoms with Crippen LogP contribution in [0.3, 0.4) is 0 Å². The first-order valence-corrected chi connectivity index (χ1v) is 10.7. The Balaban J connectivity index is 1.21. The van der Waals surface area contributed by atoms with Crippen molar-refractivity contribution in [3.8, 4) is 0 Å². The van der Waals surface area contributed by atoms with Gasteiger partial charge < -0.3 is 4.90 Å². The minimum absolute atomic E-state index is 0.736. The van der Waals surface area contributed by atoms with Gasteiger partial charge >= 0.3 is 0 Å². The predicted octanol–water partition coefficient (Wildman–Crippen LogP) is 3.30. The third-order valence-corrected chi connectivity index (χ3v) is 7.83. The van der Waals surface area contributed by atoms with Crippen molar-refractivity contribution in [2.45, 2.75) is 84.0 Å². The zero-order valence-corrected chi connectivity index (χ0v) is 16.5. The van der Waals surface area contributed by atoms with Gasteiger partial charge in [0.1, 0.15) is 0 Å². The Morgan fingerprint density at radius 3 is 2.00 bits per heavy atom. The fourth-order valence-electron chi connectivity index (χ4n) is 5.74. The lowest BCUT2D eigenvalue weighted by Gasteiger charge is -2.60. The molecule has 0 aromatic rings. The molecule has 5 fully saturated rings. The second-order valence-electron chi connectivity index (χ2n) is 9.90. The maximum Gasteiger partial charge on any atom is 0.0242 e. The quantitative estimate of drug-likeness (QED) is 0.764. The van der Waals surface area contributed by atoms with Crippen LogP contribution in [0.2, 0.25) is 0 Å². The number of fused-ring (bicyclic) bond motifs is 2. The van der Waals surface area contributed by atoms with Crippen molar-refractivity contribution in [1.82, 2.24) is 14.7 Å². The summed E-state index contributed by atoms with van der Waals surface area (Å²) in [5.41, 5.74) is 0. The van der Waals surface area contributed by atoms with E-state index in [2.05, 4.69) is 42.4 Å². The van der Waals surface area contributed by atoms with E-state index in [9.17, 15) is 0 Å². The fourth-order valence-corrected chi connectivity index (χ4v) is 5.74. The van der Waals surface area contributed by atoms with Gasteiger partial charge in [-0.2, -0.15) is 0 Å².